The van der Waals surface area contributed by atoms with E-state index in [1.807, 2.05) is 28.7 Å². The molecule has 5 heteroatoms. The van der Waals surface area contributed by atoms with Crippen LogP contribution in [-0.2, 0) is 6.42 Å². The summed E-state index contributed by atoms with van der Waals surface area (Å²) in [4.78, 5) is 4.69. The van der Waals surface area contributed by atoms with E-state index < -0.39 is 0 Å². The molecule has 0 aliphatic heterocycles. The van der Waals surface area contributed by atoms with Gasteiger partial charge in [0, 0.05) is 24.4 Å². The number of hydrogen-bond acceptors (Lipinski definition) is 1. The van der Waals surface area contributed by atoms with Crippen molar-refractivity contribution < 1.29 is 4.39 Å². The maximum absolute atomic E-state index is 13.9. The zero-order valence-electron chi connectivity index (χ0n) is 11.2. The highest BCUT2D eigenvalue weighted by molar-refractivity contribution is 14.1. The molecule has 1 aromatic heterocycles. The molecular formula is C15H17ClFIN2. The van der Waals surface area contributed by atoms with Gasteiger partial charge in [-0.3, -0.25) is 0 Å². The summed E-state index contributed by atoms with van der Waals surface area (Å²) in [6.45, 7) is 0. The Kier molecular flexibility index (Phi) is 4.50. The van der Waals surface area contributed by atoms with Crippen LogP contribution in [0.1, 0.15) is 44.0 Å². The third kappa shape index (κ3) is 2.69. The lowest BCUT2D eigenvalue weighted by Gasteiger charge is -2.25. The van der Waals surface area contributed by atoms with Crippen molar-refractivity contribution in [1.82, 2.24) is 9.55 Å². The Morgan fingerprint density at radius 2 is 2.05 bits per heavy atom. The molecule has 0 N–H and O–H groups in total. The molecule has 0 spiro atoms. The topological polar surface area (TPSA) is 17.8 Å². The molecule has 0 amide bonds. The van der Waals surface area contributed by atoms with Gasteiger partial charge in [-0.2, -0.15) is 0 Å². The molecular weight excluding hydrogens is 390 g/mol. The van der Waals surface area contributed by atoms with Gasteiger partial charge in [0.1, 0.15) is 11.6 Å². The Balaban J connectivity index is 2.14. The lowest BCUT2D eigenvalue weighted by Crippen LogP contribution is -2.16. The van der Waals surface area contributed by atoms with E-state index in [2.05, 4.69) is 9.55 Å². The molecule has 0 saturated heterocycles. The minimum absolute atomic E-state index is 0.160. The fourth-order valence-electron chi connectivity index (χ4n) is 3.15. The number of halogens is 3. The van der Waals surface area contributed by atoms with Crippen LogP contribution in [-0.4, -0.2) is 15.4 Å². The number of benzene rings is 1. The molecule has 0 radical (unpaired) electrons. The van der Waals surface area contributed by atoms with Gasteiger partial charge in [-0.25, -0.2) is 9.37 Å². The first-order chi connectivity index (χ1) is 9.70. The van der Waals surface area contributed by atoms with Gasteiger partial charge in [-0.05, 0) is 41.5 Å². The summed E-state index contributed by atoms with van der Waals surface area (Å²) >= 11 is 7.93. The maximum Gasteiger partial charge on any atom is 0.138 e. The lowest BCUT2D eigenvalue weighted by atomic mass is 9.95. The Morgan fingerprint density at radius 3 is 2.75 bits per heavy atom. The summed E-state index contributed by atoms with van der Waals surface area (Å²) in [6.07, 6.45) is 6.86. The highest BCUT2D eigenvalue weighted by Crippen LogP contribution is 2.33. The zero-order chi connectivity index (χ0) is 14.1. The van der Waals surface area contributed by atoms with Crippen molar-refractivity contribution in [2.75, 3.05) is 5.88 Å². The van der Waals surface area contributed by atoms with Gasteiger partial charge < -0.3 is 4.57 Å². The van der Waals surface area contributed by atoms with E-state index in [9.17, 15) is 4.39 Å². The third-order valence-electron chi connectivity index (χ3n) is 4.06. The number of hydrogen-bond donors (Lipinski definition) is 0. The van der Waals surface area contributed by atoms with Crippen LogP contribution in [0.4, 0.5) is 4.39 Å². The highest BCUT2D eigenvalue weighted by atomic mass is 127. The van der Waals surface area contributed by atoms with E-state index in [4.69, 9.17) is 11.6 Å². The van der Waals surface area contributed by atoms with Gasteiger partial charge in [-0.15, -0.1) is 11.6 Å². The van der Waals surface area contributed by atoms with Gasteiger partial charge >= 0.3 is 0 Å². The first kappa shape index (κ1) is 14.6. The minimum Gasteiger partial charge on any atom is -0.325 e. The van der Waals surface area contributed by atoms with Crippen molar-refractivity contribution in [1.29, 1.82) is 0 Å². The average Bonchev–Trinajstić information content (AvgIpc) is 2.78. The van der Waals surface area contributed by atoms with Crippen LogP contribution >= 0.6 is 34.2 Å². The molecule has 1 fully saturated rings. The van der Waals surface area contributed by atoms with Crippen molar-refractivity contribution in [3.63, 3.8) is 0 Å². The molecule has 1 aromatic carbocycles. The fourth-order valence-corrected chi connectivity index (χ4v) is 3.77. The van der Waals surface area contributed by atoms with E-state index in [1.54, 1.807) is 6.07 Å². The minimum atomic E-state index is -0.160. The summed E-state index contributed by atoms with van der Waals surface area (Å²) in [5, 5.41) is 0. The number of fused-ring (bicyclic) bond motifs is 1. The van der Waals surface area contributed by atoms with E-state index in [1.165, 1.54) is 19.3 Å². The van der Waals surface area contributed by atoms with E-state index in [0.29, 0.717) is 15.5 Å². The standard InChI is InChI=1S/C15H17ClFIN2/c16-7-6-15-19-13-9-12(18)11(17)8-14(13)20(15)10-4-2-1-3-5-10/h8-10H,1-7H2. The normalized spacial score (nSPS) is 16.9. The molecule has 0 unspecified atom stereocenters. The second-order valence-electron chi connectivity index (χ2n) is 5.38. The average molecular weight is 407 g/mol. The molecule has 2 aromatic rings. The van der Waals surface area contributed by atoms with E-state index in [-0.39, 0.29) is 5.82 Å². The monoisotopic (exact) mass is 406 g/mol. The Morgan fingerprint density at radius 1 is 1.30 bits per heavy atom. The summed E-state index contributed by atoms with van der Waals surface area (Å²) in [5.74, 6) is 1.39. The Hall–Kier alpha value is -0.360. The molecule has 1 saturated carbocycles. The van der Waals surface area contributed by atoms with Crippen LogP contribution in [0, 0.1) is 9.39 Å². The quantitative estimate of drug-likeness (QED) is 0.514. The molecule has 1 heterocycles. The number of alkyl halides is 1. The van der Waals surface area contributed by atoms with Crippen molar-refractivity contribution in [3.8, 4) is 0 Å². The zero-order valence-corrected chi connectivity index (χ0v) is 14.1. The van der Waals surface area contributed by atoms with Gasteiger partial charge in [-0.1, -0.05) is 19.3 Å². The predicted molar refractivity (Wildman–Crippen MR) is 89.0 cm³/mol. The van der Waals surface area contributed by atoms with E-state index in [0.717, 1.165) is 36.1 Å². The lowest BCUT2D eigenvalue weighted by molar-refractivity contribution is 0.353. The summed E-state index contributed by atoms with van der Waals surface area (Å²) in [7, 11) is 0. The van der Waals surface area contributed by atoms with Crippen LogP contribution in [0.25, 0.3) is 11.0 Å². The molecule has 0 bridgehead atoms. The Bertz CT molecular complexity index is 620. The van der Waals surface area contributed by atoms with Gasteiger partial charge in [0.25, 0.3) is 0 Å². The van der Waals surface area contributed by atoms with Crippen molar-refractivity contribution in [2.45, 2.75) is 44.6 Å². The van der Waals surface area contributed by atoms with Crippen LogP contribution in [0.15, 0.2) is 12.1 Å². The number of nitrogens with zero attached hydrogens (tertiary/aromatic N) is 2. The van der Waals surface area contributed by atoms with Crippen LogP contribution in [0.2, 0.25) is 0 Å². The van der Waals surface area contributed by atoms with Gasteiger partial charge in [0.15, 0.2) is 0 Å². The van der Waals surface area contributed by atoms with Crippen LogP contribution < -0.4 is 0 Å². The van der Waals surface area contributed by atoms with Crippen molar-refractivity contribution in [2.24, 2.45) is 0 Å². The molecule has 3 rings (SSSR count). The first-order valence-corrected chi connectivity index (χ1v) is 8.74. The third-order valence-corrected chi connectivity index (χ3v) is 5.08. The summed E-state index contributed by atoms with van der Waals surface area (Å²) < 4.78 is 16.8. The molecule has 0 atom stereocenters. The number of rotatable bonds is 3. The van der Waals surface area contributed by atoms with Crippen molar-refractivity contribution >= 4 is 45.2 Å². The fraction of sp³-hybridized carbons (Fsp3) is 0.533. The highest BCUT2D eigenvalue weighted by Gasteiger charge is 2.22. The van der Waals surface area contributed by atoms with Crippen LogP contribution in [0.3, 0.4) is 0 Å². The van der Waals surface area contributed by atoms with E-state index >= 15 is 0 Å². The summed E-state index contributed by atoms with van der Waals surface area (Å²) in [6, 6.07) is 3.92. The first-order valence-electron chi connectivity index (χ1n) is 7.12. The maximum atomic E-state index is 13.9. The number of aromatic nitrogens is 2. The SMILES string of the molecule is Fc1cc2c(cc1I)nc(CCCl)n2C1CCCCC1. The summed E-state index contributed by atoms with van der Waals surface area (Å²) in [5.41, 5.74) is 1.82. The Labute approximate surface area is 136 Å². The van der Waals surface area contributed by atoms with Crippen molar-refractivity contribution in [3.05, 3.63) is 27.3 Å². The van der Waals surface area contributed by atoms with Crippen LogP contribution in [0.5, 0.6) is 0 Å². The molecule has 108 valence electrons. The number of imidazole rings is 1. The molecule has 20 heavy (non-hydrogen) atoms. The second-order valence-corrected chi connectivity index (χ2v) is 6.92. The molecule has 1 aliphatic carbocycles. The van der Waals surface area contributed by atoms with Gasteiger partial charge in [0.2, 0.25) is 0 Å². The van der Waals surface area contributed by atoms with Gasteiger partial charge in [0.05, 0.1) is 14.6 Å². The molecule has 1 aliphatic rings. The smallest absolute Gasteiger partial charge is 0.138 e. The largest absolute Gasteiger partial charge is 0.325 e. The second kappa shape index (κ2) is 6.18. The molecule has 2 nitrogen and oxygen atoms in total. The number of aryl methyl sites for hydroxylation is 1. The predicted octanol–water partition coefficient (Wildman–Crippen LogP) is 5.07.